The predicted molar refractivity (Wildman–Crippen MR) is 214 cm³/mol. The third-order valence-corrected chi connectivity index (χ3v) is 11.3. The predicted octanol–water partition coefficient (Wildman–Crippen LogP) is 16.1. The number of fused-ring (bicyclic) bond motifs is 6. The number of alkyl halides is 9. The van der Waals surface area contributed by atoms with E-state index in [9.17, 15) is 39.5 Å². The molecule has 58 heavy (non-hydrogen) atoms. The third kappa shape index (κ3) is 5.40. The molecule has 0 unspecified atom stereocenters. The minimum atomic E-state index is -4.57. The van der Waals surface area contributed by atoms with Crippen molar-refractivity contribution in [2.24, 2.45) is 0 Å². The fourth-order valence-electron chi connectivity index (χ4n) is 8.86. The molecule has 0 heterocycles. The molecule has 0 bridgehead atoms. The summed E-state index contributed by atoms with van der Waals surface area (Å²) in [6.45, 7) is 0. The summed E-state index contributed by atoms with van der Waals surface area (Å²) in [4.78, 5) is 0. The van der Waals surface area contributed by atoms with Crippen molar-refractivity contribution in [1.29, 1.82) is 0 Å². The van der Waals surface area contributed by atoms with Crippen molar-refractivity contribution < 1.29 is 39.5 Å². The number of benzene rings is 10. The van der Waals surface area contributed by atoms with Crippen LogP contribution in [0.2, 0.25) is 0 Å². The lowest BCUT2D eigenvalue weighted by Crippen LogP contribution is -2.04. The Labute approximate surface area is 323 Å². The molecule has 10 aromatic carbocycles. The molecule has 0 aromatic heterocycles. The van der Waals surface area contributed by atoms with Gasteiger partial charge < -0.3 is 0 Å². The first-order chi connectivity index (χ1) is 27.7. The van der Waals surface area contributed by atoms with E-state index in [4.69, 9.17) is 0 Å². The quantitative estimate of drug-likeness (QED) is 0.0951. The van der Waals surface area contributed by atoms with Crippen molar-refractivity contribution in [2.75, 3.05) is 0 Å². The Kier molecular flexibility index (Phi) is 7.68. The highest BCUT2D eigenvalue weighted by Gasteiger charge is 2.33. The maximum atomic E-state index is 13.8. The SMILES string of the molecule is FC(F)(F)c1ccc(-c2c3ccccc3c3c4ccc(-c5ccc(C(F)(F)F)cc5)c5c(-c6ccc(C(F)(F)F)cc6)c6ccccc6c(c6cccc2c63)c54)cc1. The van der Waals surface area contributed by atoms with Crippen LogP contribution in [-0.4, -0.2) is 0 Å². The van der Waals surface area contributed by atoms with Crippen molar-refractivity contribution in [3.05, 3.63) is 168 Å². The van der Waals surface area contributed by atoms with Gasteiger partial charge in [-0.05, 0) is 134 Å². The molecule has 10 aromatic rings. The molecule has 10 rings (SSSR count). The summed E-state index contributed by atoms with van der Waals surface area (Å²) >= 11 is 0. The van der Waals surface area contributed by atoms with Crippen LogP contribution in [0, 0.1) is 0 Å². The molecule has 0 aliphatic rings. The van der Waals surface area contributed by atoms with E-state index in [0.717, 1.165) is 101 Å². The zero-order chi connectivity index (χ0) is 40.3. The second-order valence-electron chi connectivity index (χ2n) is 14.5. The molecule has 9 heteroatoms. The summed E-state index contributed by atoms with van der Waals surface area (Å²) in [5.74, 6) is 0. The maximum absolute atomic E-state index is 13.8. The number of hydrogen-bond donors (Lipinski definition) is 0. The van der Waals surface area contributed by atoms with E-state index in [1.807, 2.05) is 78.9 Å². The standard InChI is InChI=1S/C49H25F9/c50-47(51,52)29-18-12-26(13-19-29)32-24-25-39-42-35-8-3-1-6-33(35)40(27-14-20-30(21-15-27)48(53,54)55)37-10-5-11-38(44(37)42)43-36-9-4-2-7-34(36)41(45(32)46(39)43)28-16-22-31(23-17-28)49(56,57)58/h1-25H. The topological polar surface area (TPSA) is 0 Å². The molecule has 284 valence electrons. The molecule has 0 aliphatic heterocycles. The molecule has 0 radical (unpaired) electrons. The highest BCUT2D eigenvalue weighted by molar-refractivity contribution is 6.46. The van der Waals surface area contributed by atoms with Gasteiger partial charge in [0.05, 0.1) is 16.7 Å². The van der Waals surface area contributed by atoms with Crippen molar-refractivity contribution in [3.8, 4) is 33.4 Å². The molecule has 0 N–H and O–H groups in total. The second-order valence-corrected chi connectivity index (χ2v) is 14.5. The van der Waals surface area contributed by atoms with Crippen LogP contribution in [0.25, 0.3) is 98.0 Å². The van der Waals surface area contributed by atoms with Gasteiger partial charge in [-0.1, -0.05) is 115 Å². The number of halogens is 9. The summed E-state index contributed by atoms with van der Waals surface area (Å²) in [7, 11) is 0. The van der Waals surface area contributed by atoms with Gasteiger partial charge in [0.15, 0.2) is 0 Å². The normalized spacial score (nSPS) is 12.9. The Morgan fingerprint density at radius 1 is 0.241 bits per heavy atom. The van der Waals surface area contributed by atoms with Crippen LogP contribution in [-0.2, 0) is 18.5 Å². The molecule has 0 spiro atoms. The summed E-state index contributed by atoms with van der Waals surface area (Å²) in [6, 6.07) is 39.8. The van der Waals surface area contributed by atoms with Crippen molar-refractivity contribution in [1.82, 2.24) is 0 Å². The van der Waals surface area contributed by atoms with E-state index < -0.39 is 35.2 Å². The molecule has 0 aliphatic carbocycles. The van der Waals surface area contributed by atoms with E-state index in [1.54, 1.807) is 0 Å². The highest BCUT2D eigenvalue weighted by Crippen LogP contribution is 2.53. The first-order valence-electron chi connectivity index (χ1n) is 18.2. The molecule has 0 saturated heterocycles. The Bertz CT molecular complexity index is 3240. The van der Waals surface area contributed by atoms with Crippen LogP contribution in [0.1, 0.15) is 16.7 Å². The minimum absolute atomic E-state index is 0.487. The van der Waals surface area contributed by atoms with Gasteiger partial charge in [0.1, 0.15) is 0 Å². The van der Waals surface area contributed by atoms with Crippen LogP contribution < -0.4 is 0 Å². The van der Waals surface area contributed by atoms with Gasteiger partial charge in [0.25, 0.3) is 0 Å². The lowest BCUT2D eigenvalue weighted by molar-refractivity contribution is -0.138. The van der Waals surface area contributed by atoms with Gasteiger partial charge in [0, 0.05) is 0 Å². The Morgan fingerprint density at radius 3 is 1.10 bits per heavy atom. The molecule has 0 nitrogen and oxygen atoms in total. The van der Waals surface area contributed by atoms with Gasteiger partial charge in [-0.3, -0.25) is 0 Å². The van der Waals surface area contributed by atoms with E-state index >= 15 is 0 Å². The van der Waals surface area contributed by atoms with E-state index in [0.29, 0.717) is 33.2 Å². The summed E-state index contributed by atoms with van der Waals surface area (Å²) in [5, 5.41) is 9.61. The zero-order valence-corrected chi connectivity index (χ0v) is 29.8. The average Bonchev–Trinajstić information content (AvgIpc) is 3.21. The molecule has 0 fully saturated rings. The summed E-state index contributed by atoms with van der Waals surface area (Å²) < 4.78 is 124. The average molecular weight is 785 g/mol. The van der Waals surface area contributed by atoms with Gasteiger partial charge >= 0.3 is 18.5 Å². The fourth-order valence-corrected chi connectivity index (χ4v) is 8.86. The van der Waals surface area contributed by atoms with Crippen molar-refractivity contribution in [3.63, 3.8) is 0 Å². The molecule has 0 saturated carbocycles. The summed E-state index contributed by atoms with van der Waals surface area (Å²) in [6.07, 6.45) is -13.7. The Morgan fingerprint density at radius 2 is 0.603 bits per heavy atom. The lowest BCUT2D eigenvalue weighted by atomic mass is 9.78. The smallest absolute Gasteiger partial charge is 0.166 e. The van der Waals surface area contributed by atoms with Crippen molar-refractivity contribution >= 4 is 64.6 Å². The minimum Gasteiger partial charge on any atom is -0.166 e. The molecular weight excluding hydrogens is 760 g/mol. The highest BCUT2D eigenvalue weighted by atomic mass is 19.4. The van der Waals surface area contributed by atoms with E-state index in [1.165, 1.54) is 36.4 Å². The Balaban J connectivity index is 1.42. The van der Waals surface area contributed by atoms with Gasteiger partial charge in [-0.15, -0.1) is 0 Å². The van der Waals surface area contributed by atoms with E-state index in [-0.39, 0.29) is 0 Å². The number of rotatable bonds is 3. The molecule has 0 amide bonds. The molecule has 0 atom stereocenters. The van der Waals surface area contributed by atoms with Crippen LogP contribution in [0.15, 0.2) is 152 Å². The maximum Gasteiger partial charge on any atom is 0.416 e. The van der Waals surface area contributed by atoms with Gasteiger partial charge in [-0.25, -0.2) is 0 Å². The third-order valence-electron chi connectivity index (χ3n) is 11.3. The fraction of sp³-hybridized carbons (Fsp3) is 0.0612. The lowest BCUT2D eigenvalue weighted by Gasteiger charge is -2.24. The van der Waals surface area contributed by atoms with Crippen LogP contribution in [0.5, 0.6) is 0 Å². The monoisotopic (exact) mass is 784 g/mol. The Hall–Kier alpha value is -6.61. The first kappa shape index (κ1) is 35.8. The van der Waals surface area contributed by atoms with Gasteiger partial charge in [-0.2, -0.15) is 39.5 Å². The molecular formula is C49H25F9. The van der Waals surface area contributed by atoms with Crippen LogP contribution >= 0.6 is 0 Å². The van der Waals surface area contributed by atoms with Crippen molar-refractivity contribution in [2.45, 2.75) is 18.5 Å². The van der Waals surface area contributed by atoms with Crippen LogP contribution in [0.3, 0.4) is 0 Å². The largest absolute Gasteiger partial charge is 0.416 e. The second kappa shape index (κ2) is 12.4. The number of hydrogen-bond acceptors (Lipinski definition) is 0. The van der Waals surface area contributed by atoms with Gasteiger partial charge in [0.2, 0.25) is 0 Å². The zero-order valence-electron chi connectivity index (χ0n) is 29.8. The summed E-state index contributed by atoms with van der Waals surface area (Å²) in [5.41, 5.74) is 1.17. The van der Waals surface area contributed by atoms with Crippen LogP contribution in [0.4, 0.5) is 39.5 Å². The first-order valence-corrected chi connectivity index (χ1v) is 18.2. The van der Waals surface area contributed by atoms with E-state index in [2.05, 4.69) is 0 Å².